The minimum Gasteiger partial charge on any atom is -0.495 e. The maximum Gasteiger partial charge on any atom is 0.242 e. The number of rotatable bonds is 7. The van der Waals surface area contributed by atoms with E-state index in [-0.39, 0.29) is 26.9 Å². The van der Waals surface area contributed by atoms with E-state index in [9.17, 15) is 8.42 Å². The summed E-state index contributed by atoms with van der Waals surface area (Å²) in [4.78, 5) is -0.0588. The van der Waals surface area contributed by atoms with Crippen LogP contribution in [0.3, 0.4) is 0 Å². The van der Waals surface area contributed by atoms with E-state index in [1.54, 1.807) is 7.11 Å². The maximum absolute atomic E-state index is 12.6. The summed E-state index contributed by atoms with van der Waals surface area (Å²) in [5.41, 5.74) is -0.226. The van der Waals surface area contributed by atoms with Gasteiger partial charge in [0, 0.05) is 19.1 Å². The zero-order chi connectivity index (χ0) is 17.8. The van der Waals surface area contributed by atoms with Crippen molar-refractivity contribution in [2.24, 2.45) is 5.41 Å². The summed E-state index contributed by atoms with van der Waals surface area (Å²) < 4.78 is 38.3. The van der Waals surface area contributed by atoms with Crippen LogP contribution in [0.1, 0.15) is 12.8 Å². The lowest BCUT2D eigenvalue weighted by Gasteiger charge is -2.37. The van der Waals surface area contributed by atoms with Crippen molar-refractivity contribution in [3.05, 3.63) is 22.2 Å². The van der Waals surface area contributed by atoms with Gasteiger partial charge in [-0.2, -0.15) is 0 Å². The van der Waals surface area contributed by atoms with Gasteiger partial charge in [-0.15, -0.1) is 0 Å². The Morgan fingerprint density at radius 1 is 1.21 bits per heavy atom. The maximum atomic E-state index is 12.6. The van der Waals surface area contributed by atoms with Crippen LogP contribution in [0.25, 0.3) is 0 Å². The SMILES string of the molecule is COCC1(CNS(=O)(=O)c2ccc(OC)c(Cl)c2Cl)CCNCC1. The summed E-state index contributed by atoms with van der Waals surface area (Å²) in [6.07, 6.45) is 1.67. The molecule has 9 heteroatoms. The molecule has 1 aromatic carbocycles. The van der Waals surface area contributed by atoms with Crippen LogP contribution in [0, 0.1) is 5.41 Å². The number of benzene rings is 1. The van der Waals surface area contributed by atoms with Crippen molar-refractivity contribution in [1.29, 1.82) is 0 Å². The molecule has 0 aliphatic carbocycles. The van der Waals surface area contributed by atoms with E-state index >= 15 is 0 Å². The Labute approximate surface area is 152 Å². The molecule has 24 heavy (non-hydrogen) atoms. The number of nitrogens with one attached hydrogen (secondary N) is 2. The smallest absolute Gasteiger partial charge is 0.242 e. The number of hydrogen-bond donors (Lipinski definition) is 2. The van der Waals surface area contributed by atoms with Crippen LogP contribution in [-0.2, 0) is 14.8 Å². The minimum atomic E-state index is -3.79. The summed E-state index contributed by atoms with van der Waals surface area (Å²) in [6.45, 7) is 2.44. The first kappa shape index (κ1) is 19.8. The summed E-state index contributed by atoms with van der Waals surface area (Å²) >= 11 is 12.2. The van der Waals surface area contributed by atoms with Gasteiger partial charge in [-0.3, -0.25) is 0 Å². The zero-order valence-electron chi connectivity index (χ0n) is 13.7. The van der Waals surface area contributed by atoms with E-state index in [0.29, 0.717) is 12.4 Å². The molecular weight excluding hydrogens is 375 g/mol. The highest BCUT2D eigenvalue weighted by Gasteiger charge is 2.34. The van der Waals surface area contributed by atoms with Crippen LogP contribution < -0.4 is 14.8 Å². The third-order valence-corrected chi connectivity index (χ3v) is 6.69. The molecule has 0 spiro atoms. The average Bonchev–Trinajstić information content (AvgIpc) is 2.57. The Morgan fingerprint density at radius 3 is 2.46 bits per heavy atom. The normalized spacial score (nSPS) is 17.7. The van der Waals surface area contributed by atoms with Gasteiger partial charge < -0.3 is 14.8 Å². The number of sulfonamides is 1. The number of hydrogen-bond acceptors (Lipinski definition) is 5. The molecule has 1 heterocycles. The lowest BCUT2D eigenvalue weighted by Crippen LogP contribution is -2.47. The molecule has 1 aliphatic heterocycles. The molecule has 0 aromatic heterocycles. The molecule has 6 nitrogen and oxygen atoms in total. The molecule has 0 amide bonds. The lowest BCUT2D eigenvalue weighted by atomic mass is 9.80. The molecule has 0 saturated carbocycles. The number of methoxy groups -OCH3 is 2. The van der Waals surface area contributed by atoms with Crippen molar-refractivity contribution < 1.29 is 17.9 Å². The van der Waals surface area contributed by atoms with Gasteiger partial charge in [0.2, 0.25) is 10.0 Å². The summed E-state index contributed by atoms with van der Waals surface area (Å²) in [5.74, 6) is 0.329. The van der Waals surface area contributed by atoms with E-state index in [0.717, 1.165) is 25.9 Å². The Morgan fingerprint density at radius 2 is 1.88 bits per heavy atom. The van der Waals surface area contributed by atoms with Crippen LogP contribution in [-0.4, -0.2) is 48.9 Å². The molecule has 1 aliphatic rings. The topological polar surface area (TPSA) is 76.7 Å². The molecule has 2 N–H and O–H groups in total. The fourth-order valence-corrected chi connectivity index (χ4v) is 4.84. The van der Waals surface area contributed by atoms with E-state index in [2.05, 4.69) is 10.0 Å². The Bertz CT molecular complexity index is 671. The molecular formula is C15H22Cl2N2O4S. The van der Waals surface area contributed by atoms with Crippen LogP contribution in [0.15, 0.2) is 17.0 Å². The first-order valence-corrected chi connectivity index (χ1v) is 9.80. The van der Waals surface area contributed by atoms with Gasteiger partial charge in [-0.25, -0.2) is 13.1 Å². The third kappa shape index (κ3) is 4.33. The van der Waals surface area contributed by atoms with Gasteiger partial charge in [0.25, 0.3) is 0 Å². The van der Waals surface area contributed by atoms with Crippen LogP contribution in [0.5, 0.6) is 5.75 Å². The lowest BCUT2D eigenvalue weighted by molar-refractivity contribution is 0.0577. The van der Waals surface area contributed by atoms with Gasteiger partial charge in [-0.05, 0) is 38.1 Å². The second-order valence-corrected chi connectivity index (χ2v) is 8.39. The highest BCUT2D eigenvalue weighted by Crippen LogP contribution is 2.37. The molecule has 1 fully saturated rings. The van der Waals surface area contributed by atoms with Crippen LogP contribution in [0.4, 0.5) is 0 Å². The van der Waals surface area contributed by atoms with Gasteiger partial charge in [0.1, 0.15) is 15.7 Å². The highest BCUT2D eigenvalue weighted by atomic mass is 35.5. The van der Waals surface area contributed by atoms with Crippen molar-refractivity contribution in [2.75, 3.05) is 40.5 Å². The predicted molar refractivity (Wildman–Crippen MR) is 94.6 cm³/mol. The van der Waals surface area contributed by atoms with E-state index in [4.69, 9.17) is 32.7 Å². The van der Waals surface area contributed by atoms with E-state index < -0.39 is 10.0 Å². The van der Waals surface area contributed by atoms with Gasteiger partial charge in [0.05, 0.1) is 18.7 Å². The average molecular weight is 397 g/mol. The second-order valence-electron chi connectivity index (χ2n) is 5.90. The van der Waals surface area contributed by atoms with Crippen LogP contribution >= 0.6 is 23.2 Å². The van der Waals surface area contributed by atoms with Gasteiger partial charge in [-0.1, -0.05) is 23.2 Å². The molecule has 136 valence electrons. The van der Waals surface area contributed by atoms with Gasteiger partial charge >= 0.3 is 0 Å². The van der Waals surface area contributed by atoms with Gasteiger partial charge in [0.15, 0.2) is 0 Å². The molecule has 2 rings (SSSR count). The number of halogens is 2. The molecule has 0 radical (unpaired) electrons. The fraction of sp³-hybridized carbons (Fsp3) is 0.600. The van der Waals surface area contributed by atoms with Crippen molar-refractivity contribution in [1.82, 2.24) is 10.0 Å². The summed E-state index contributed by atoms with van der Waals surface area (Å²) in [7, 11) is -0.729. The zero-order valence-corrected chi connectivity index (χ0v) is 16.0. The summed E-state index contributed by atoms with van der Waals surface area (Å²) in [5, 5.41) is 3.30. The summed E-state index contributed by atoms with van der Waals surface area (Å²) in [6, 6.07) is 2.87. The highest BCUT2D eigenvalue weighted by molar-refractivity contribution is 7.89. The Balaban J connectivity index is 2.20. The van der Waals surface area contributed by atoms with Crippen molar-refractivity contribution >= 4 is 33.2 Å². The molecule has 0 unspecified atom stereocenters. The molecule has 1 aromatic rings. The standard InChI is InChI=1S/C15H22Cl2N2O4S/c1-22-10-15(5-7-18-8-6-15)9-19-24(20,21)12-4-3-11(23-2)13(16)14(12)17/h3-4,18-19H,5-10H2,1-2H3. The Hall–Kier alpha value is -0.570. The van der Waals surface area contributed by atoms with Crippen molar-refractivity contribution in [3.8, 4) is 5.75 Å². The quantitative estimate of drug-likeness (QED) is 0.739. The first-order chi connectivity index (χ1) is 11.4. The van der Waals surface area contributed by atoms with Crippen molar-refractivity contribution in [2.45, 2.75) is 17.7 Å². The number of piperidine rings is 1. The molecule has 0 bridgehead atoms. The first-order valence-electron chi connectivity index (χ1n) is 7.56. The number of ether oxygens (including phenoxy) is 2. The van der Waals surface area contributed by atoms with Crippen LogP contribution in [0.2, 0.25) is 10.0 Å². The van der Waals surface area contributed by atoms with Crippen molar-refractivity contribution in [3.63, 3.8) is 0 Å². The minimum absolute atomic E-state index is 0.0466. The second kappa shape index (κ2) is 8.21. The molecule has 1 saturated heterocycles. The Kier molecular flexibility index (Phi) is 6.75. The predicted octanol–water partition coefficient (Wildman–Crippen LogP) is 2.30. The van der Waals surface area contributed by atoms with E-state index in [1.807, 2.05) is 0 Å². The third-order valence-electron chi connectivity index (χ3n) is 4.27. The molecule has 0 atom stereocenters. The van der Waals surface area contributed by atoms with E-state index in [1.165, 1.54) is 19.2 Å². The fourth-order valence-electron chi connectivity index (χ4n) is 2.84. The largest absolute Gasteiger partial charge is 0.495 e. The monoisotopic (exact) mass is 396 g/mol.